The van der Waals surface area contributed by atoms with Gasteiger partial charge in [-0.1, -0.05) is 38.0 Å². The highest BCUT2D eigenvalue weighted by atomic mass is 16.5. The molecule has 2 rings (SSSR count). The number of nitrogens with one attached hydrogen (secondary N) is 1. The molecule has 1 aliphatic carbocycles. The van der Waals surface area contributed by atoms with Crippen LogP contribution in [0.2, 0.25) is 0 Å². The summed E-state index contributed by atoms with van der Waals surface area (Å²) in [6.07, 6.45) is 6.73. The van der Waals surface area contributed by atoms with Crippen LogP contribution in [0.3, 0.4) is 0 Å². The zero-order valence-corrected chi connectivity index (χ0v) is 12.3. The smallest absolute Gasteiger partial charge is 0.122 e. The molecule has 2 nitrogen and oxygen atoms in total. The van der Waals surface area contributed by atoms with Gasteiger partial charge < -0.3 is 10.1 Å². The largest absolute Gasteiger partial charge is 0.496 e. The first-order valence-corrected chi connectivity index (χ1v) is 7.70. The van der Waals surface area contributed by atoms with Crippen molar-refractivity contribution in [3.63, 3.8) is 0 Å². The highest BCUT2D eigenvalue weighted by Gasteiger charge is 2.27. The van der Waals surface area contributed by atoms with Gasteiger partial charge in [-0.3, -0.25) is 0 Å². The molecular weight excluding hydrogens is 234 g/mol. The van der Waals surface area contributed by atoms with E-state index < -0.39 is 0 Å². The van der Waals surface area contributed by atoms with Crippen molar-refractivity contribution in [3.05, 3.63) is 29.8 Å². The van der Waals surface area contributed by atoms with Gasteiger partial charge in [0, 0.05) is 12.5 Å². The van der Waals surface area contributed by atoms with Crippen molar-refractivity contribution >= 4 is 0 Å². The minimum Gasteiger partial charge on any atom is -0.496 e. The topological polar surface area (TPSA) is 21.3 Å². The van der Waals surface area contributed by atoms with Gasteiger partial charge in [-0.05, 0) is 43.4 Å². The van der Waals surface area contributed by atoms with Crippen LogP contribution in [0.4, 0.5) is 0 Å². The van der Waals surface area contributed by atoms with Crippen LogP contribution in [0.1, 0.15) is 50.5 Å². The number of hydrogen-bond acceptors (Lipinski definition) is 2. The van der Waals surface area contributed by atoms with Crippen LogP contribution in [0.15, 0.2) is 24.3 Å². The molecule has 0 aromatic heterocycles. The molecule has 1 unspecified atom stereocenters. The lowest BCUT2D eigenvalue weighted by molar-refractivity contribution is 0.373. The fourth-order valence-electron chi connectivity index (χ4n) is 3.30. The number of rotatable bonds is 7. The van der Waals surface area contributed by atoms with E-state index in [1.807, 2.05) is 0 Å². The quantitative estimate of drug-likeness (QED) is 0.750. The minimum atomic E-state index is 0.602. The van der Waals surface area contributed by atoms with Crippen molar-refractivity contribution in [3.8, 4) is 5.75 Å². The second-order valence-corrected chi connectivity index (χ2v) is 5.60. The molecule has 2 heteroatoms. The molecule has 1 aliphatic rings. The summed E-state index contributed by atoms with van der Waals surface area (Å²) in [5, 5.41) is 3.61. The highest BCUT2D eigenvalue weighted by molar-refractivity contribution is 5.37. The Balaban J connectivity index is 2.14. The van der Waals surface area contributed by atoms with Gasteiger partial charge in [0.2, 0.25) is 0 Å². The first kappa shape index (κ1) is 14.4. The van der Waals surface area contributed by atoms with Crippen molar-refractivity contribution in [2.75, 3.05) is 20.2 Å². The summed E-state index contributed by atoms with van der Waals surface area (Å²) < 4.78 is 5.56. The summed E-state index contributed by atoms with van der Waals surface area (Å²) in [7, 11) is 1.78. The van der Waals surface area contributed by atoms with E-state index in [9.17, 15) is 0 Å². The molecule has 1 saturated carbocycles. The molecule has 0 saturated heterocycles. The molecular formula is C17H27NO. The Labute approximate surface area is 117 Å². The van der Waals surface area contributed by atoms with Crippen LogP contribution in [-0.2, 0) is 0 Å². The van der Waals surface area contributed by atoms with Gasteiger partial charge in [0.05, 0.1) is 7.11 Å². The second kappa shape index (κ2) is 7.54. The maximum atomic E-state index is 5.56. The lowest BCUT2D eigenvalue weighted by Gasteiger charge is -2.26. The van der Waals surface area contributed by atoms with Gasteiger partial charge in [-0.25, -0.2) is 0 Å². The van der Waals surface area contributed by atoms with Crippen LogP contribution < -0.4 is 10.1 Å². The van der Waals surface area contributed by atoms with E-state index in [1.54, 1.807) is 7.11 Å². The van der Waals surface area contributed by atoms with Crippen LogP contribution in [0.25, 0.3) is 0 Å². The molecule has 1 fully saturated rings. The van der Waals surface area contributed by atoms with Crippen molar-refractivity contribution in [1.29, 1.82) is 0 Å². The third kappa shape index (κ3) is 3.73. The van der Waals surface area contributed by atoms with Crippen LogP contribution in [-0.4, -0.2) is 20.2 Å². The fraction of sp³-hybridized carbons (Fsp3) is 0.647. The first-order chi connectivity index (χ1) is 9.36. The monoisotopic (exact) mass is 261 g/mol. The molecule has 1 N–H and O–H groups in total. The summed E-state index contributed by atoms with van der Waals surface area (Å²) in [5.41, 5.74) is 1.39. The van der Waals surface area contributed by atoms with Gasteiger partial charge in [0.1, 0.15) is 5.75 Å². The van der Waals surface area contributed by atoms with Gasteiger partial charge in [-0.2, -0.15) is 0 Å². The number of para-hydroxylation sites is 1. The van der Waals surface area contributed by atoms with E-state index in [2.05, 4.69) is 36.5 Å². The average Bonchev–Trinajstić information content (AvgIpc) is 2.98. The molecule has 0 bridgehead atoms. The fourth-order valence-corrected chi connectivity index (χ4v) is 3.30. The third-order valence-corrected chi connectivity index (χ3v) is 4.30. The van der Waals surface area contributed by atoms with Gasteiger partial charge in [0.25, 0.3) is 0 Å². The van der Waals surface area contributed by atoms with Gasteiger partial charge >= 0.3 is 0 Å². The molecule has 0 spiro atoms. The maximum absolute atomic E-state index is 5.56. The Morgan fingerprint density at radius 2 is 2.00 bits per heavy atom. The SMILES string of the molecule is CCCNCC(c1ccccc1OC)C1CCCC1. The zero-order valence-electron chi connectivity index (χ0n) is 12.3. The van der Waals surface area contributed by atoms with Crippen LogP contribution in [0.5, 0.6) is 5.75 Å². The normalized spacial score (nSPS) is 17.6. The van der Waals surface area contributed by atoms with Gasteiger partial charge in [0.15, 0.2) is 0 Å². The molecule has 1 atom stereocenters. The number of benzene rings is 1. The standard InChI is InChI=1S/C17H27NO/c1-3-12-18-13-16(14-8-4-5-9-14)15-10-6-7-11-17(15)19-2/h6-7,10-11,14,16,18H,3-5,8-9,12-13H2,1-2H3. The molecule has 1 aromatic rings. The summed E-state index contributed by atoms with van der Waals surface area (Å²) in [4.78, 5) is 0. The molecule has 1 aromatic carbocycles. The van der Waals surface area contributed by atoms with Crippen LogP contribution in [0, 0.1) is 5.92 Å². The highest BCUT2D eigenvalue weighted by Crippen LogP contribution is 2.40. The number of ether oxygens (including phenoxy) is 1. The van der Waals surface area contributed by atoms with Crippen molar-refractivity contribution in [2.45, 2.75) is 44.9 Å². The molecule has 0 radical (unpaired) electrons. The van der Waals surface area contributed by atoms with E-state index in [0.717, 1.165) is 24.8 Å². The molecule has 0 aliphatic heterocycles. The second-order valence-electron chi connectivity index (χ2n) is 5.60. The van der Waals surface area contributed by atoms with E-state index in [0.29, 0.717) is 5.92 Å². The maximum Gasteiger partial charge on any atom is 0.122 e. The number of methoxy groups -OCH3 is 1. The predicted octanol–water partition coefficient (Wildman–Crippen LogP) is 3.97. The Morgan fingerprint density at radius 1 is 1.26 bits per heavy atom. The molecule has 106 valence electrons. The van der Waals surface area contributed by atoms with Crippen molar-refractivity contribution in [1.82, 2.24) is 5.32 Å². The van der Waals surface area contributed by atoms with E-state index in [4.69, 9.17) is 4.74 Å². The Morgan fingerprint density at radius 3 is 2.68 bits per heavy atom. The third-order valence-electron chi connectivity index (χ3n) is 4.30. The molecule has 0 heterocycles. The first-order valence-electron chi connectivity index (χ1n) is 7.70. The van der Waals surface area contributed by atoms with E-state index >= 15 is 0 Å². The summed E-state index contributed by atoms with van der Waals surface area (Å²) in [5.74, 6) is 2.48. The molecule has 0 amide bonds. The predicted molar refractivity (Wildman–Crippen MR) is 80.9 cm³/mol. The Bertz CT molecular complexity index is 371. The van der Waals surface area contributed by atoms with E-state index in [1.165, 1.54) is 37.7 Å². The van der Waals surface area contributed by atoms with Crippen molar-refractivity contribution in [2.24, 2.45) is 5.92 Å². The van der Waals surface area contributed by atoms with E-state index in [-0.39, 0.29) is 0 Å². The minimum absolute atomic E-state index is 0.602. The lowest BCUT2D eigenvalue weighted by Crippen LogP contribution is -2.26. The van der Waals surface area contributed by atoms with Crippen molar-refractivity contribution < 1.29 is 4.74 Å². The summed E-state index contributed by atoms with van der Waals surface area (Å²) >= 11 is 0. The Hall–Kier alpha value is -1.02. The summed E-state index contributed by atoms with van der Waals surface area (Å²) in [6.45, 7) is 4.41. The van der Waals surface area contributed by atoms with Gasteiger partial charge in [-0.15, -0.1) is 0 Å². The summed E-state index contributed by atoms with van der Waals surface area (Å²) in [6, 6.07) is 8.54. The zero-order chi connectivity index (χ0) is 13.5. The number of hydrogen-bond donors (Lipinski definition) is 1. The Kier molecular flexibility index (Phi) is 5.71. The van der Waals surface area contributed by atoms with Crippen LogP contribution >= 0.6 is 0 Å². The lowest BCUT2D eigenvalue weighted by atomic mass is 9.84. The average molecular weight is 261 g/mol. The molecule has 19 heavy (non-hydrogen) atoms.